The van der Waals surface area contributed by atoms with Crippen LogP contribution in [0.5, 0.6) is 0 Å². The fourth-order valence-corrected chi connectivity index (χ4v) is 2.66. The zero-order chi connectivity index (χ0) is 17.1. The van der Waals surface area contributed by atoms with Gasteiger partial charge in [-0.15, -0.1) is 0 Å². The molecule has 1 amide bonds. The van der Waals surface area contributed by atoms with Gasteiger partial charge in [0.2, 0.25) is 5.91 Å². The van der Waals surface area contributed by atoms with E-state index in [1.54, 1.807) is 24.5 Å². The summed E-state index contributed by atoms with van der Waals surface area (Å²) in [6, 6.07) is 8.80. The second-order valence-corrected chi connectivity index (χ2v) is 5.85. The Kier molecular flexibility index (Phi) is 4.66. The van der Waals surface area contributed by atoms with E-state index in [-0.39, 0.29) is 18.5 Å². The van der Waals surface area contributed by atoms with E-state index in [9.17, 15) is 4.79 Å². The van der Waals surface area contributed by atoms with Crippen LogP contribution in [0.25, 0.3) is 11.3 Å². The Balaban J connectivity index is 1.65. The zero-order valence-corrected chi connectivity index (χ0v) is 14.1. The highest BCUT2D eigenvalue weighted by Gasteiger charge is 2.17. The summed E-state index contributed by atoms with van der Waals surface area (Å²) >= 11 is 6.14. The summed E-state index contributed by atoms with van der Waals surface area (Å²) in [7, 11) is 0. The number of amides is 1. The molecule has 6 nitrogen and oxygen atoms in total. The number of hydrogen-bond acceptors (Lipinski definition) is 4. The molecule has 0 saturated heterocycles. The van der Waals surface area contributed by atoms with Crippen LogP contribution in [0.3, 0.4) is 0 Å². The Hall–Kier alpha value is -2.60. The molecule has 0 radical (unpaired) electrons. The van der Waals surface area contributed by atoms with E-state index in [0.717, 1.165) is 11.4 Å². The number of halogens is 1. The van der Waals surface area contributed by atoms with Crippen LogP contribution < -0.4 is 5.32 Å². The molecule has 0 spiro atoms. The van der Waals surface area contributed by atoms with Crippen LogP contribution >= 0.6 is 11.6 Å². The van der Waals surface area contributed by atoms with Gasteiger partial charge in [0.25, 0.3) is 0 Å². The first-order valence-corrected chi connectivity index (χ1v) is 7.91. The van der Waals surface area contributed by atoms with Crippen molar-refractivity contribution in [3.8, 4) is 11.3 Å². The lowest BCUT2D eigenvalue weighted by Gasteiger charge is -2.14. The van der Waals surface area contributed by atoms with Crippen molar-refractivity contribution in [2.45, 2.75) is 26.4 Å². The van der Waals surface area contributed by atoms with Gasteiger partial charge in [0.15, 0.2) is 5.76 Å². The van der Waals surface area contributed by atoms with Crippen molar-refractivity contribution in [3.63, 3.8) is 0 Å². The molecule has 0 aliphatic rings. The molecule has 0 saturated carbocycles. The second-order valence-electron chi connectivity index (χ2n) is 5.44. The van der Waals surface area contributed by atoms with Crippen LogP contribution in [-0.2, 0) is 11.3 Å². The Labute approximate surface area is 144 Å². The molecule has 7 heteroatoms. The van der Waals surface area contributed by atoms with E-state index >= 15 is 0 Å². The van der Waals surface area contributed by atoms with Crippen molar-refractivity contribution in [2.24, 2.45) is 0 Å². The predicted molar refractivity (Wildman–Crippen MR) is 90.5 cm³/mol. The van der Waals surface area contributed by atoms with E-state index in [1.807, 2.05) is 36.6 Å². The number of carbonyl (C=O) groups is 1. The van der Waals surface area contributed by atoms with Gasteiger partial charge >= 0.3 is 0 Å². The average Bonchev–Trinajstić information content (AvgIpc) is 3.21. The zero-order valence-electron chi connectivity index (χ0n) is 13.4. The number of aryl methyl sites for hydroxylation is 1. The fourth-order valence-electron chi connectivity index (χ4n) is 2.43. The number of benzene rings is 1. The molecule has 1 atom stereocenters. The summed E-state index contributed by atoms with van der Waals surface area (Å²) in [4.78, 5) is 16.4. The first-order valence-electron chi connectivity index (χ1n) is 7.54. The molecule has 0 fully saturated rings. The highest BCUT2D eigenvalue weighted by Crippen LogP contribution is 2.27. The molecule has 3 aromatic rings. The highest BCUT2D eigenvalue weighted by molar-refractivity contribution is 6.33. The van der Waals surface area contributed by atoms with Crippen LogP contribution in [0, 0.1) is 6.92 Å². The van der Waals surface area contributed by atoms with Crippen molar-refractivity contribution in [1.29, 1.82) is 0 Å². The normalized spacial score (nSPS) is 12.1. The quantitative estimate of drug-likeness (QED) is 0.770. The van der Waals surface area contributed by atoms with Crippen LogP contribution in [0.2, 0.25) is 5.02 Å². The Morgan fingerprint density at radius 1 is 1.42 bits per heavy atom. The maximum absolute atomic E-state index is 12.3. The lowest BCUT2D eigenvalue weighted by molar-refractivity contribution is -0.124. The standard InChI is InChI=1S/C17H17ClN4O2/c1-11(22-8-7-19-12(22)2)17(23)20-10-13-9-16(24-21-13)14-5-3-4-6-15(14)18/h3-9,11H,10H2,1-2H3,(H,20,23)/t11-/m1/s1. The molecule has 0 aliphatic carbocycles. The Morgan fingerprint density at radius 3 is 2.92 bits per heavy atom. The van der Waals surface area contributed by atoms with Gasteiger partial charge in [-0.3, -0.25) is 4.79 Å². The topological polar surface area (TPSA) is 73.0 Å². The predicted octanol–water partition coefficient (Wildman–Crippen LogP) is 3.38. The number of hydrogen-bond donors (Lipinski definition) is 1. The van der Waals surface area contributed by atoms with Crippen molar-refractivity contribution in [1.82, 2.24) is 20.0 Å². The summed E-state index contributed by atoms with van der Waals surface area (Å²) in [6.07, 6.45) is 3.46. The van der Waals surface area contributed by atoms with Gasteiger partial charge in [0.05, 0.1) is 11.6 Å². The first kappa shape index (κ1) is 16.3. The smallest absolute Gasteiger partial charge is 0.243 e. The number of imidazole rings is 1. The third-order valence-electron chi connectivity index (χ3n) is 3.80. The molecule has 124 valence electrons. The van der Waals surface area contributed by atoms with Crippen molar-refractivity contribution >= 4 is 17.5 Å². The van der Waals surface area contributed by atoms with Gasteiger partial charge in [-0.2, -0.15) is 0 Å². The second kappa shape index (κ2) is 6.88. The highest BCUT2D eigenvalue weighted by atomic mass is 35.5. The van der Waals surface area contributed by atoms with E-state index < -0.39 is 0 Å². The molecule has 0 unspecified atom stereocenters. The maximum atomic E-state index is 12.3. The molecular formula is C17H17ClN4O2. The lowest BCUT2D eigenvalue weighted by atomic mass is 10.1. The summed E-state index contributed by atoms with van der Waals surface area (Å²) < 4.78 is 7.13. The maximum Gasteiger partial charge on any atom is 0.243 e. The number of carbonyl (C=O) groups excluding carboxylic acids is 1. The molecule has 2 aromatic heterocycles. The number of nitrogens with zero attached hydrogens (tertiary/aromatic N) is 3. The summed E-state index contributed by atoms with van der Waals surface area (Å²) in [6.45, 7) is 3.96. The summed E-state index contributed by atoms with van der Waals surface area (Å²) in [5.41, 5.74) is 1.40. The monoisotopic (exact) mass is 344 g/mol. The van der Waals surface area contributed by atoms with Crippen molar-refractivity contribution < 1.29 is 9.32 Å². The Bertz CT molecular complexity index is 856. The first-order chi connectivity index (χ1) is 11.6. The van der Waals surface area contributed by atoms with Gasteiger partial charge in [-0.25, -0.2) is 4.98 Å². The SMILES string of the molecule is Cc1nccn1[C@H](C)C(=O)NCc1cc(-c2ccccc2Cl)on1. The van der Waals surface area contributed by atoms with Crippen LogP contribution in [-0.4, -0.2) is 20.6 Å². The number of rotatable bonds is 5. The van der Waals surface area contributed by atoms with E-state index in [2.05, 4.69) is 15.5 Å². The molecule has 0 bridgehead atoms. The van der Waals surface area contributed by atoms with Gasteiger partial charge in [0.1, 0.15) is 17.6 Å². The molecule has 2 heterocycles. The number of aromatic nitrogens is 3. The van der Waals surface area contributed by atoms with E-state index in [1.165, 1.54) is 0 Å². The van der Waals surface area contributed by atoms with Crippen LogP contribution in [0.4, 0.5) is 0 Å². The molecule has 0 aliphatic heterocycles. The van der Waals surface area contributed by atoms with Gasteiger partial charge in [-0.05, 0) is 26.0 Å². The third-order valence-corrected chi connectivity index (χ3v) is 4.13. The minimum atomic E-state index is -0.345. The van der Waals surface area contributed by atoms with E-state index in [4.69, 9.17) is 16.1 Å². The largest absolute Gasteiger partial charge is 0.356 e. The van der Waals surface area contributed by atoms with Gasteiger partial charge in [0, 0.05) is 24.0 Å². The molecule has 3 rings (SSSR count). The van der Waals surface area contributed by atoms with E-state index in [0.29, 0.717) is 16.5 Å². The van der Waals surface area contributed by atoms with Crippen molar-refractivity contribution in [3.05, 3.63) is 59.3 Å². The minimum Gasteiger partial charge on any atom is -0.356 e. The Morgan fingerprint density at radius 2 is 2.21 bits per heavy atom. The molecule has 1 N–H and O–H groups in total. The lowest BCUT2D eigenvalue weighted by Crippen LogP contribution is -2.30. The number of nitrogens with one attached hydrogen (secondary N) is 1. The van der Waals surface area contributed by atoms with Crippen LogP contribution in [0.15, 0.2) is 47.2 Å². The van der Waals surface area contributed by atoms with Crippen molar-refractivity contribution in [2.75, 3.05) is 0 Å². The third kappa shape index (κ3) is 3.33. The fraction of sp³-hybridized carbons (Fsp3) is 0.235. The average molecular weight is 345 g/mol. The molecule has 1 aromatic carbocycles. The summed E-state index contributed by atoms with van der Waals surface area (Å²) in [5.74, 6) is 1.25. The molecular weight excluding hydrogens is 328 g/mol. The summed E-state index contributed by atoms with van der Waals surface area (Å²) in [5, 5.41) is 7.42. The molecule has 24 heavy (non-hydrogen) atoms. The van der Waals surface area contributed by atoms with Gasteiger partial charge < -0.3 is 14.4 Å². The van der Waals surface area contributed by atoms with Crippen LogP contribution in [0.1, 0.15) is 24.5 Å². The van der Waals surface area contributed by atoms with Gasteiger partial charge in [-0.1, -0.05) is 28.9 Å². The minimum absolute atomic E-state index is 0.113.